The Bertz CT molecular complexity index is 474. The third kappa shape index (κ3) is 2.31. The molecule has 3 nitrogen and oxygen atoms in total. The summed E-state index contributed by atoms with van der Waals surface area (Å²) in [4.78, 5) is 4.08. The molecule has 0 radical (unpaired) electrons. The molecule has 3 heteroatoms. The van der Waals surface area contributed by atoms with Crippen LogP contribution in [0.4, 0.5) is 0 Å². The fraction of sp³-hybridized carbons (Fsp3) is 0.308. The Morgan fingerprint density at radius 1 is 1.44 bits per heavy atom. The molecule has 1 heterocycles. The minimum Gasteiger partial charge on any atom is -0.336 e. The molecule has 0 saturated heterocycles. The molecule has 1 aromatic heterocycles. The second-order valence-electron chi connectivity index (χ2n) is 4.23. The van der Waals surface area contributed by atoms with Crippen LogP contribution in [-0.2, 0) is 13.5 Å². The number of hydrogen-bond acceptors (Lipinski definition) is 2. The molecule has 2 N–H and O–H groups in total. The summed E-state index contributed by atoms with van der Waals surface area (Å²) in [5.41, 5.74) is 9.78. The monoisotopic (exact) mass is 215 g/mol. The molecule has 0 amide bonds. The fourth-order valence-electron chi connectivity index (χ4n) is 1.92. The van der Waals surface area contributed by atoms with Gasteiger partial charge in [0, 0.05) is 13.2 Å². The molecular formula is C13H17N3. The number of rotatable bonds is 3. The fourth-order valence-corrected chi connectivity index (χ4v) is 1.92. The number of imidazole rings is 1. The molecule has 0 bridgehead atoms. The van der Waals surface area contributed by atoms with E-state index < -0.39 is 0 Å². The van der Waals surface area contributed by atoms with Gasteiger partial charge >= 0.3 is 0 Å². The van der Waals surface area contributed by atoms with Crippen LogP contribution in [-0.4, -0.2) is 9.55 Å². The van der Waals surface area contributed by atoms with Gasteiger partial charge in [0.1, 0.15) is 0 Å². The first-order valence-corrected chi connectivity index (χ1v) is 5.44. The average Bonchev–Trinajstić information content (AvgIpc) is 2.64. The second-order valence-corrected chi connectivity index (χ2v) is 4.23. The van der Waals surface area contributed by atoms with E-state index in [0.717, 1.165) is 12.1 Å². The van der Waals surface area contributed by atoms with E-state index in [1.807, 2.05) is 17.8 Å². The van der Waals surface area contributed by atoms with Crippen molar-refractivity contribution in [3.8, 4) is 0 Å². The first kappa shape index (κ1) is 10.9. The maximum absolute atomic E-state index is 6.16. The molecule has 16 heavy (non-hydrogen) atoms. The highest BCUT2D eigenvalue weighted by Gasteiger charge is 2.10. The molecular weight excluding hydrogens is 198 g/mol. The van der Waals surface area contributed by atoms with Gasteiger partial charge in [-0.3, -0.25) is 0 Å². The number of nitrogens with two attached hydrogens (primary N) is 1. The predicted octanol–water partition coefficient (Wildman–Crippen LogP) is 1.97. The molecule has 1 unspecified atom stereocenters. The molecule has 1 atom stereocenters. The van der Waals surface area contributed by atoms with Gasteiger partial charge in [-0.15, -0.1) is 0 Å². The van der Waals surface area contributed by atoms with Crippen molar-refractivity contribution in [3.63, 3.8) is 0 Å². The minimum absolute atomic E-state index is 0.00861. The van der Waals surface area contributed by atoms with Gasteiger partial charge in [0.05, 0.1) is 18.1 Å². The summed E-state index contributed by atoms with van der Waals surface area (Å²) in [6.07, 6.45) is 4.47. The standard InChI is InChI=1S/C13H17N3/c1-10-4-3-5-11(6-10)7-12(14)13-8-15-9-16(13)2/h3-6,8-9,12H,7,14H2,1-2H3. The van der Waals surface area contributed by atoms with Crippen LogP contribution in [0.2, 0.25) is 0 Å². The summed E-state index contributed by atoms with van der Waals surface area (Å²) in [6.45, 7) is 2.10. The highest BCUT2D eigenvalue weighted by molar-refractivity contribution is 5.24. The SMILES string of the molecule is Cc1cccc(CC(N)c2cncn2C)c1. The van der Waals surface area contributed by atoms with Crippen molar-refractivity contribution >= 4 is 0 Å². The summed E-state index contributed by atoms with van der Waals surface area (Å²) in [7, 11) is 1.97. The Morgan fingerprint density at radius 3 is 2.88 bits per heavy atom. The van der Waals surface area contributed by atoms with E-state index in [9.17, 15) is 0 Å². The summed E-state index contributed by atoms with van der Waals surface area (Å²) < 4.78 is 1.97. The number of nitrogens with zero attached hydrogens (tertiary/aromatic N) is 2. The third-order valence-electron chi connectivity index (χ3n) is 2.77. The van der Waals surface area contributed by atoms with Gasteiger partial charge in [-0.05, 0) is 18.9 Å². The van der Waals surface area contributed by atoms with E-state index in [2.05, 4.69) is 36.2 Å². The van der Waals surface area contributed by atoms with Crippen LogP contribution in [0.1, 0.15) is 22.9 Å². The van der Waals surface area contributed by atoms with Crippen LogP contribution >= 0.6 is 0 Å². The highest BCUT2D eigenvalue weighted by Crippen LogP contribution is 2.15. The van der Waals surface area contributed by atoms with Crippen molar-refractivity contribution in [2.45, 2.75) is 19.4 Å². The summed E-state index contributed by atoms with van der Waals surface area (Å²) in [5, 5.41) is 0. The van der Waals surface area contributed by atoms with Crippen LogP contribution in [0.5, 0.6) is 0 Å². The van der Waals surface area contributed by atoms with Gasteiger partial charge in [-0.1, -0.05) is 29.8 Å². The largest absolute Gasteiger partial charge is 0.336 e. The lowest BCUT2D eigenvalue weighted by atomic mass is 10.0. The van der Waals surface area contributed by atoms with Crippen LogP contribution in [0.3, 0.4) is 0 Å². The predicted molar refractivity (Wildman–Crippen MR) is 65.0 cm³/mol. The number of benzene rings is 1. The summed E-state index contributed by atoms with van der Waals surface area (Å²) in [5.74, 6) is 0. The Balaban J connectivity index is 2.14. The first-order chi connectivity index (χ1) is 7.66. The van der Waals surface area contributed by atoms with Crippen LogP contribution in [0.15, 0.2) is 36.8 Å². The Labute approximate surface area is 95.9 Å². The maximum atomic E-state index is 6.16. The zero-order valence-corrected chi connectivity index (χ0v) is 9.72. The van der Waals surface area contributed by atoms with E-state index in [1.54, 1.807) is 6.33 Å². The lowest BCUT2D eigenvalue weighted by molar-refractivity contribution is 0.655. The molecule has 0 aliphatic carbocycles. The maximum Gasteiger partial charge on any atom is 0.0946 e. The number of aromatic nitrogens is 2. The highest BCUT2D eigenvalue weighted by atomic mass is 15.0. The van der Waals surface area contributed by atoms with Crippen LogP contribution < -0.4 is 5.73 Å². The Kier molecular flexibility index (Phi) is 3.06. The lowest BCUT2D eigenvalue weighted by Gasteiger charge is -2.12. The van der Waals surface area contributed by atoms with Crippen molar-refractivity contribution in [2.24, 2.45) is 12.8 Å². The molecule has 1 aromatic carbocycles. The minimum atomic E-state index is 0.00861. The number of hydrogen-bond donors (Lipinski definition) is 1. The van der Waals surface area contributed by atoms with Crippen molar-refractivity contribution in [3.05, 3.63) is 53.6 Å². The zero-order valence-electron chi connectivity index (χ0n) is 9.72. The van der Waals surface area contributed by atoms with Crippen molar-refractivity contribution < 1.29 is 0 Å². The topological polar surface area (TPSA) is 43.8 Å². The molecule has 2 aromatic rings. The molecule has 0 fully saturated rings. The zero-order chi connectivity index (χ0) is 11.5. The van der Waals surface area contributed by atoms with E-state index in [4.69, 9.17) is 5.73 Å². The third-order valence-corrected chi connectivity index (χ3v) is 2.77. The molecule has 2 rings (SSSR count). The van der Waals surface area contributed by atoms with Crippen molar-refractivity contribution in [2.75, 3.05) is 0 Å². The van der Waals surface area contributed by atoms with Crippen LogP contribution in [0, 0.1) is 6.92 Å². The van der Waals surface area contributed by atoms with Crippen molar-refractivity contribution in [1.82, 2.24) is 9.55 Å². The molecule has 0 aliphatic rings. The van der Waals surface area contributed by atoms with Gasteiger partial charge in [-0.2, -0.15) is 0 Å². The quantitative estimate of drug-likeness (QED) is 0.850. The van der Waals surface area contributed by atoms with Gasteiger partial charge in [0.25, 0.3) is 0 Å². The Hall–Kier alpha value is -1.61. The molecule has 0 saturated carbocycles. The average molecular weight is 215 g/mol. The van der Waals surface area contributed by atoms with Crippen LogP contribution in [0.25, 0.3) is 0 Å². The normalized spacial score (nSPS) is 12.7. The van der Waals surface area contributed by atoms with Gasteiger partial charge < -0.3 is 10.3 Å². The lowest BCUT2D eigenvalue weighted by Crippen LogP contribution is -2.16. The second kappa shape index (κ2) is 4.49. The number of aryl methyl sites for hydroxylation is 2. The van der Waals surface area contributed by atoms with Crippen molar-refractivity contribution in [1.29, 1.82) is 0 Å². The van der Waals surface area contributed by atoms with Gasteiger partial charge in [0.15, 0.2) is 0 Å². The van der Waals surface area contributed by atoms with E-state index >= 15 is 0 Å². The Morgan fingerprint density at radius 2 is 2.25 bits per heavy atom. The van der Waals surface area contributed by atoms with E-state index in [1.165, 1.54) is 11.1 Å². The summed E-state index contributed by atoms with van der Waals surface area (Å²) >= 11 is 0. The van der Waals surface area contributed by atoms with Gasteiger partial charge in [0.2, 0.25) is 0 Å². The van der Waals surface area contributed by atoms with Gasteiger partial charge in [-0.25, -0.2) is 4.98 Å². The molecule has 0 spiro atoms. The smallest absolute Gasteiger partial charge is 0.0946 e. The van der Waals surface area contributed by atoms with E-state index in [-0.39, 0.29) is 6.04 Å². The first-order valence-electron chi connectivity index (χ1n) is 5.44. The van der Waals surface area contributed by atoms with E-state index in [0.29, 0.717) is 0 Å². The molecule has 84 valence electrons. The molecule has 0 aliphatic heterocycles. The summed E-state index contributed by atoms with van der Waals surface area (Å²) in [6, 6.07) is 8.47.